The number of nitrogens with zero attached hydrogens (tertiary/aromatic N) is 2. The van der Waals surface area contributed by atoms with Crippen molar-refractivity contribution in [3.8, 4) is 0 Å². The zero-order chi connectivity index (χ0) is 11.1. The van der Waals surface area contributed by atoms with Crippen LogP contribution in [0, 0.1) is 0 Å². The van der Waals surface area contributed by atoms with E-state index in [0.29, 0.717) is 11.1 Å². The molecule has 1 fully saturated rings. The summed E-state index contributed by atoms with van der Waals surface area (Å²) in [7, 11) is -0.101. The van der Waals surface area contributed by atoms with Crippen LogP contribution in [0.3, 0.4) is 0 Å². The van der Waals surface area contributed by atoms with Gasteiger partial charge in [0, 0.05) is 32.4 Å². The summed E-state index contributed by atoms with van der Waals surface area (Å²) in [5, 5.41) is 0. The molecule has 2 nitrogen and oxygen atoms in total. The molecule has 0 aromatic heterocycles. The van der Waals surface area contributed by atoms with Gasteiger partial charge in [-0.25, -0.2) is 0 Å². The zero-order valence-electron chi connectivity index (χ0n) is 10.8. The molecule has 0 radical (unpaired) electrons. The van der Waals surface area contributed by atoms with Crippen LogP contribution < -0.4 is 0 Å². The van der Waals surface area contributed by atoms with Crippen molar-refractivity contribution in [1.29, 1.82) is 0 Å². The predicted molar refractivity (Wildman–Crippen MR) is 65.8 cm³/mol. The van der Waals surface area contributed by atoms with Gasteiger partial charge in [-0.05, 0) is 48.2 Å². The second kappa shape index (κ2) is 3.73. The lowest BCUT2D eigenvalue weighted by atomic mass is 10.1. The average molecular weight is 216 g/mol. The molecular weight excluding hydrogens is 191 g/mol. The monoisotopic (exact) mass is 216 g/mol. The first-order chi connectivity index (χ1) is 6.14. The molecule has 0 bridgehead atoms. The summed E-state index contributed by atoms with van der Waals surface area (Å²) in [5.41, 5.74) is 0.640. The van der Waals surface area contributed by atoms with Gasteiger partial charge >= 0.3 is 0 Å². The van der Waals surface area contributed by atoms with E-state index in [0.717, 1.165) is 0 Å². The van der Waals surface area contributed by atoms with E-state index >= 15 is 0 Å². The summed E-state index contributed by atoms with van der Waals surface area (Å²) in [6.07, 6.45) is 0. The van der Waals surface area contributed by atoms with Crippen molar-refractivity contribution in [3.63, 3.8) is 0 Å². The van der Waals surface area contributed by atoms with E-state index in [2.05, 4.69) is 57.5 Å². The molecule has 84 valence electrons. The molecule has 0 aromatic rings. The van der Waals surface area contributed by atoms with Crippen LogP contribution in [-0.2, 0) is 0 Å². The van der Waals surface area contributed by atoms with Gasteiger partial charge in [-0.15, -0.1) is 0 Å². The van der Waals surface area contributed by atoms with Gasteiger partial charge in [-0.2, -0.15) is 0 Å². The van der Waals surface area contributed by atoms with Crippen molar-refractivity contribution < 1.29 is 0 Å². The molecule has 0 aromatic carbocycles. The fraction of sp³-hybridized carbons (Fsp3) is 1.00. The van der Waals surface area contributed by atoms with Gasteiger partial charge in [-0.3, -0.25) is 9.34 Å². The lowest BCUT2D eigenvalue weighted by Crippen LogP contribution is -2.37. The van der Waals surface area contributed by atoms with E-state index in [1.54, 1.807) is 0 Å². The molecule has 1 saturated heterocycles. The van der Waals surface area contributed by atoms with E-state index in [4.69, 9.17) is 0 Å². The average Bonchev–Trinajstić information content (AvgIpc) is 2.26. The van der Waals surface area contributed by atoms with Crippen LogP contribution in [0.2, 0.25) is 0 Å². The molecule has 0 unspecified atom stereocenters. The van der Waals surface area contributed by atoms with Crippen molar-refractivity contribution in [3.05, 3.63) is 0 Å². The molecule has 1 aliphatic heterocycles. The van der Waals surface area contributed by atoms with Crippen LogP contribution >= 0.6 is 8.22 Å². The van der Waals surface area contributed by atoms with Crippen molar-refractivity contribution in [2.75, 3.05) is 19.8 Å². The standard InChI is InChI=1S/C11H25N2P/c1-10(2,3)12-8-9-13(14(12)7)11(4,5)6/h8-9H2,1-7H3. The summed E-state index contributed by atoms with van der Waals surface area (Å²) in [6, 6.07) is 0. The highest BCUT2D eigenvalue weighted by Crippen LogP contribution is 2.52. The fourth-order valence-corrected chi connectivity index (χ4v) is 4.90. The van der Waals surface area contributed by atoms with Crippen LogP contribution in [0.4, 0.5) is 0 Å². The quantitative estimate of drug-likeness (QED) is 0.574. The first-order valence-electron chi connectivity index (χ1n) is 5.43. The molecular formula is C11H25N2P. The lowest BCUT2D eigenvalue weighted by molar-refractivity contribution is 0.271. The second-order valence-electron chi connectivity index (χ2n) is 6.08. The highest BCUT2D eigenvalue weighted by molar-refractivity contribution is 7.52. The number of hydrogen-bond acceptors (Lipinski definition) is 2. The van der Waals surface area contributed by atoms with Crippen LogP contribution in [0.1, 0.15) is 41.5 Å². The molecule has 0 aliphatic carbocycles. The molecule has 0 N–H and O–H groups in total. The SMILES string of the molecule is CP1N(C(C)(C)C)CCN1C(C)(C)C. The van der Waals surface area contributed by atoms with Crippen LogP contribution in [-0.4, -0.2) is 40.2 Å². The molecule has 0 spiro atoms. The molecule has 0 atom stereocenters. The number of hydrogen-bond donors (Lipinski definition) is 0. The normalized spacial score (nSPS) is 23.4. The summed E-state index contributed by atoms with van der Waals surface area (Å²) in [5.74, 6) is 0. The topological polar surface area (TPSA) is 6.48 Å². The molecule has 1 aliphatic rings. The molecule has 1 rings (SSSR count). The maximum atomic E-state index is 2.65. The third-order valence-electron chi connectivity index (χ3n) is 2.77. The van der Waals surface area contributed by atoms with E-state index in [-0.39, 0.29) is 8.22 Å². The third-order valence-corrected chi connectivity index (χ3v) is 5.77. The Hall–Kier alpha value is 0.350. The summed E-state index contributed by atoms with van der Waals surface area (Å²) in [4.78, 5) is 0. The largest absolute Gasteiger partial charge is 0.264 e. The Balaban J connectivity index is 2.75. The van der Waals surface area contributed by atoms with E-state index in [1.165, 1.54) is 13.1 Å². The maximum absolute atomic E-state index is 2.65. The summed E-state index contributed by atoms with van der Waals surface area (Å²) < 4.78 is 5.29. The smallest absolute Gasteiger partial charge is 0.0372 e. The Bertz CT molecular complexity index is 180. The Kier molecular flexibility index (Phi) is 3.31. The Labute approximate surface area is 90.5 Å². The lowest BCUT2D eigenvalue weighted by Gasteiger charge is -2.41. The van der Waals surface area contributed by atoms with Crippen LogP contribution in [0.5, 0.6) is 0 Å². The van der Waals surface area contributed by atoms with Gasteiger partial charge in [0.05, 0.1) is 0 Å². The van der Waals surface area contributed by atoms with Gasteiger partial charge in [0.15, 0.2) is 0 Å². The van der Waals surface area contributed by atoms with Crippen LogP contribution in [0.25, 0.3) is 0 Å². The van der Waals surface area contributed by atoms with Gasteiger partial charge < -0.3 is 0 Å². The van der Waals surface area contributed by atoms with E-state index < -0.39 is 0 Å². The minimum Gasteiger partial charge on any atom is -0.264 e. The van der Waals surface area contributed by atoms with Crippen molar-refractivity contribution >= 4 is 8.22 Å². The minimum absolute atomic E-state index is 0.101. The first kappa shape index (κ1) is 12.4. The zero-order valence-corrected chi connectivity index (χ0v) is 11.7. The summed E-state index contributed by atoms with van der Waals surface area (Å²) >= 11 is 0. The van der Waals surface area contributed by atoms with Crippen molar-refractivity contribution in [1.82, 2.24) is 9.34 Å². The highest BCUT2D eigenvalue weighted by atomic mass is 31.1. The Morgan fingerprint density at radius 2 is 1.07 bits per heavy atom. The molecule has 14 heavy (non-hydrogen) atoms. The molecule has 3 heteroatoms. The molecule has 0 saturated carbocycles. The predicted octanol–water partition coefficient (Wildman–Crippen LogP) is 3.14. The first-order valence-corrected chi connectivity index (χ1v) is 7.12. The van der Waals surface area contributed by atoms with Crippen LogP contribution in [0.15, 0.2) is 0 Å². The minimum atomic E-state index is -0.101. The Morgan fingerprint density at radius 3 is 1.21 bits per heavy atom. The maximum Gasteiger partial charge on any atom is 0.0372 e. The number of rotatable bonds is 0. The van der Waals surface area contributed by atoms with Gasteiger partial charge in [0.1, 0.15) is 0 Å². The van der Waals surface area contributed by atoms with Crippen molar-refractivity contribution in [2.45, 2.75) is 52.6 Å². The van der Waals surface area contributed by atoms with E-state index in [1.807, 2.05) is 0 Å². The summed E-state index contributed by atoms with van der Waals surface area (Å²) in [6.45, 7) is 18.7. The molecule has 1 heterocycles. The van der Waals surface area contributed by atoms with E-state index in [9.17, 15) is 0 Å². The third kappa shape index (κ3) is 2.48. The van der Waals surface area contributed by atoms with Gasteiger partial charge in [-0.1, -0.05) is 0 Å². The molecule has 0 amide bonds. The van der Waals surface area contributed by atoms with Gasteiger partial charge in [0.25, 0.3) is 0 Å². The van der Waals surface area contributed by atoms with Crippen molar-refractivity contribution in [2.24, 2.45) is 0 Å². The Morgan fingerprint density at radius 1 is 0.786 bits per heavy atom. The highest BCUT2D eigenvalue weighted by Gasteiger charge is 2.39. The fourth-order valence-electron chi connectivity index (χ4n) is 2.15. The van der Waals surface area contributed by atoms with Gasteiger partial charge in [0.2, 0.25) is 0 Å². The second-order valence-corrected chi connectivity index (χ2v) is 8.02.